The van der Waals surface area contributed by atoms with E-state index in [-0.39, 0.29) is 18.3 Å². The quantitative estimate of drug-likeness (QED) is 0.636. The number of thiazole rings is 1. The Labute approximate surface area is 149 Å². The summed E-state index contributed by atoms with van der Waals surface area (Å²) in [4.78, 5) is 30.7. The smallest absolute Gasteiger partial charge is 0.311 e. The zero-order chi connectivity index (χ0) is 17.6. The minimum atomic E-state index is -0.345. The zero-order valence-electron chi connectivity index (χ0n) is 13.9. The van der Waals surface area contributed by atoms with Crippen LogP contribution in [0.3, 0.4) is 0 Å². The maximum absolute atomic E-state index is 12.0. The van der Waals surface area contributed by atoms with Crippen LogP contribution in [0.2, 0.25) is 0 Å². The molecule has 0 aliphatic carbocycles. The first-order chi connectivity index (χ1) is 12.2. The number of nitrogens with one attached hydrogen (secondary N) is 2. The van der Waals surface area contributed by atoms with Crippen molar-refractivity contribution in [3.05, 3.63) is 47.1 Å². The van der Waals surface area contributed by atoms with E-state index < -0.39 is 0 Å². The van der Waals surface area contributed by atoms with Crippen molar-refractivity contribution < 1.29 is 14.3 Å². The second-order valence-electron chi connectivity index (χ2n) is 5.66. The number of carbonyl (C=O) groups excluding carboxylic acids is 2. The Kier molecular flexibility index (Phi) is 5.45. The van der Waals surface area contributed by atoms with Gasteiger partial charge in [-0.1, -0.05) is 18.2 Å². The number of esters is 1. The van der Waals surface area contributed by atoms with E-state index in [4.69, 9.17) is 0 Å². The molecule has 0 saturated carbocycles. The highest BCUT2D eigenvalue weighted by Crippen LogP contribution is 2.20. The van der Waals surface area contributed by atoms with Crippen molar-refractivity contribution in [1.82, 2.24) is 9.97 Å². The van der Waals surface area contributed by atoms with Crippen molar-refractivity contribution in [1.29, 1.82) is 0 Å². The Balaban J connectivity index is 1.47. The third-order valence-corrected chi connectivity index (χ3v) is 4.68. The summed E-state index contributed by atoms with van der Waals surface area (Å²) < 4.78 is 4.60. The van der Waals surface area contributed by atoms with Gasteiger partial charge >= 0.3 is 5.97 Å². The van der Waals surface area contributed by atoms with Gasteiger partial charge in [-0.3, -0.25) is 9.59 Å². The molecule has 0 aliphatic rings. The fraction of sp³-hybridized carbons (Fsp3) is 0.278. The van der Waals surface area contributed by atoms with Crippen LogP contribution >= 0.6 is 11.3 Å². The van der Waals surface area contributed by atoms with Gasteiger partial charge in [-0.15, -0.1) is 11.3 Å². The summed E-state index contributed by atoms with van der Waals surface area (Å²) in [5, 5.41) is 6.24. The number of carbonyl (C=O) groups is 2. The Bertz CT molecular complexity index is 884. The highest BCUT2D eigenvalue weighted by atomic mass is 32.1. The van der Waals surface area contributed by atoms with Gasteiger partial charge < -0.3 is 15.0 Å². The van der Waals surface area contributed by atoms with E-state index in [0.29, 0.717) is 17.2 Å². The first kappa shape index (κ1) is 17.2. The van der Waals surface area contributed by atoms with E-state index in [0.717, 1.165) is 18.4 Å². The number of amides is 1. The van der Waals surface area contributed by atoms with Crippen LogP contribution in [0.15, 0.2) is 35.8 Å². The van der Waals surface area contributed by atoms with Gasteiger partial charge in [0.1, 0.15) is 0 Å². The summed E-state index contributed by atoms with van der Waals surface area (Å²) in [6, 6.07) is 8.14. The summed E-state index contributed by atoms with van der Waals surface area (Å²) in [5.74, 6) is -0.416. The third kappa shape index (κ3) is 4.45. The number of ether oxygens (including phenoxy) is 1. The van der Waals surface area contributed by atoms with Gasteiger partial charge in [0.05, 0.1) is 19.2 Å². The molecule has 0 spiro atoms. The molecule has 2 heterocycles. The van der Waals surface area contributed by atoms with Gasteiger partial charge in [-0.2, -0.15) is 0 Å². The molecule has 6 nitrogen and oxygen atoms in total. The maximum Gasteiger partial charge on any atom is 0.311 e. The lowest BCUT2D eigenvalue weighted by molar-refractivity contribution is -0.139. The topological polar surface area (TPSA) is 84.1 Å². The zero-order valence-corrected chi connectivity index (χ0v) is 14.7. The normalized spacial score (nSPS) is 10.8. The number of hydrogen-bond donors (Lipinski definition) is 2. The molecule has 0 atom stereocenters. The lowest BCUT2D eigenvalue weighted by Crippen LogP contribution is -2.11. The summed E-state index contributed by atoms with van der Waals surface area (Å²) in [6.45, 7) is 0. The van der Waals surface area contributed by atoms with Crippen molar-refractivity contribution in [3.8, 4) is 0 Å². The van der Waals surface area contributed by atoms with E-state index in [2.05, 4.69) is 26.1 Å². The van der Waals surface area contributed by atoms with Gasteiger partial charge in [0.25, 0.3) is 0 Å². The van der Waals surface area contributed by atoms with E-state index in [1.165, 1.54) is 29.4 Å². The average molecular weight is 357 g/mol. The second-order valence-corrected chi connectivity index (χ2v) is 6.52. The number of para-hydroxylation sites is 1. The van der Waals surface area contributed by atoms with E-state index in [9.17, 15) is 9.59 Å². The molecule has 7 heteroatoms. The van der Waals surface area contributed by atoms with Crippen LogP contribution in [0.4, 0.5) is 5.13 Å². The van der Waals surface area contributed by atoms with Crippen molar-refractivity contribution in [3.63, 3.8) is 0 Å². The third-order valence-electron chi connectivity index (χ3n) is 3.88. The first-order valence-corrected chi connectivity index (χ1v) is 8.89. The second kappa shape index (κ2) is 7.94. The number of methoxy groups -OCH3 is 1. The maximum atomic E-state index is 12.0. The van der Waals surface area contributed by atoms with E-state index >= 15 is 0 Å². The number of aromatic nitrogens is 2. The van der Waals surface area contributed by atoms with Gasteiger partial charge in [0.15, 0.2) is 5.13 Å². The predicted octanol–water partition coefficient (Wildman–Crippen LogP) is 3.30. The Morgan fingerprint density at radius 3 is 3.00 bits per heavy atom. The standard InChI is InChI=1S/C18H19N3O3S/c1-24-17(23)9-13-11-25-18(20-13)21-16(22)8-4-5-12-10-19-15-7-3-2-6-14(12)15/h2-3,6-7,10-11,19H,4-5,8-9H2,1H3,(H,20,21,22). The first-order valence-electron chi connectivity index (χ1n) is 8.02. The molecule has 1 aromatic carbocycles. The molecule has 0 bridgehead atoms. The lowest BCUT2D eigenvalue weighted by atomic mass is 10.1. The van der Waals surface area contributed by atoms with Gasteiger partial charge in [-0.25, -0.2) is 4.98 Å². The summed E-state index contributed by atoms with van der Waals surface area (Å²) in [7, 11) is 1.34. The molecule has 25 heavy (non-hydrogen) atoms. The number of nitrogens with zero attached hydrogens (tertiary/aromatic N) is 1. The van der Waals surface area contributed by atoms with Crippen LogP contribution < -0.4 is 5.32 Å². The average Bonchev–Trinajstić information content (AvgIpc) is 3.22. The van der Waals surface area contributed by atoms with E-state index in [1.807, 2.05) is 24.4 Å². The van der Waals surface area contributed by atoms with Gasteiger partial charge in [0.2, 0.25) is 5.91 Å². The predicted molar refractivity (Wildman–Crippen MR) is 97.7 cm³/mol. The molecule has 2 N–H and O–H groups in total. The van der Waals surface area contributed by atoms with Crippen molar-refractivity contribution >= 4 is 39.2 Å². The molecule has 0 aliphatic heterocycles. The molecule has 3 rings (SSSR count). The Morgan fingerprint density at radius 2 is 2.16 bits per heavy atom. The van der Waals surface area contributed by atoms with Crippen LogP contribution in [-0.4, -0.2) is 29.0 Å². The Morgan fingerprint density at radius 1 is 1.32 bits per heavy atom. The fourth-order valence-corrected chi connectivity index (χ4v) is 3.35. The molecular weight excluding hydrogens is 338 g/mol. The summed E-state index contributed by atoms with van der Waals surface area (Å²) in [6.07, 6.45) is 4.13. The highest BCUT2D eigenvalue weighted by molar-refractivity contribution is 7.13. The molecule has 130 valence electrons. The Hall–Kier alpha value is -2.67. The number of fused-ring (bicyclic) bond motifs is 1. The van der Waals surface area contributed by atoms with Crippen LogP contribution in [0, 0.1) is 0 Å². The van der Waals surface area contributed by atoms with Crippen LogP contribution in [0.25, 0.3) is 10.9 Å². The molecule has 1 amide bonds. The fourth-order valence-electron chi connectivity index (χ4n) is 2.63. The lowest BCUT2D eigenvalue weighted by Gasteiger charge is -2.02. The minimum Gasteiger partial charge on any atom is -0.469 e. The molecule has 0 unspecified atom stereocenters. The monoisotopic (exact) mass is 357 g/mol. The van der Waals surface area contributed by atoms with Crippen molar-refractivity contribution in [2.75, 3.05) is 12.4 Å². The molecule has 0 radical (unpaired) electrons. The number of rotatable bonds is 7. The van der Waals surface area contributed by atoms with Gasteiger partial charge in [-0.05, 0) is 24.5 Å². The van der Waals surface area contributed by atoms with Crippen LogP contribution in [0.5, 0.6) is 0 Å². The largest absolute Gasteiger partial charge is 0.469 e. The molecule has 0 saturated heterocycles. The molecule has 0 fully saturated rings. The molecular formula is C18H19N3O3S. The molecule has 2 aromatic heterocycles. The highest BCUT2D eigenvalue weighted by Gasteiger charge is 2.10. The van der Waals surface area contributed by atoms with Crippen molar-refractivity contribution in [2.24, 2.45) is 0 Å². The van der Waals surface area contributed by atoms with E-state index in [1.54, 1.807) is 5.38 Å². The number of aromatic amines is 1. The number of anilines is 1. The molecule has 3 aromatic rings. The number of benzene rings is 1. The number of H-pyrrole nitrogens is 1. The SMILES string of the molecule is COC(=O)Cc1csc(NC(=O)CCCc2c[nH]c3ccccc23)n1. The minimum absolute atomic E-state index is 0.0705. The van der Waals surface area contributed by atoms with Crippen molar-refractivity contribution in [2.45, 2.75) is 25.7 Å². The summed E-state index contributed by atoms with van der Waals surface area (Å²) in [5.41, 5.74) is 2.94. The van der Waals surface area contributed by atoms with Crippen LogP contribution in [-0.2, 0) is 27.2 Å². The van der Waals surface area contributed by atoms with Crippen LogP contribution in [0.1, 0.15) is 24.1 Å². The number of hydrogen-bond acceptors (Lipinski definition) is 5. The summed E-state index contributed by atoms with van der Waals surface area (Å²) >= 11 is 1.31. The van der Waals surface area contributed by atoms with Gasteiger partial charge in [0, 0.05) is 28.9 Å². The number of aryl methyl sites for hydroxylation is 1.